The molecule has 2 rings (SSSR count). The largest absolute Gasteiger partial charge is 0.330 e. The molecule has 0 bridgehead atoms. The van der Waals surface area contributed by atoms with Crippen LogP contribution in [0.5, 0.6) is 0 Å². The lowest BCUT2D eigenvalue weighted by Crippen LogP contribution is -2.15. The molecule has 0 aliphatic rings. The summed E-state index contributed by atoms with van der Waals surface area (Å²) < 4.78 is 0. The van der Waals surface area contributed by atoms with Crippen LogP contribution in [0.3, 0.4) is 0 Å². The van der Waals surface area contributed by atoms with E-state index in [1.54, 1.807) is 0 Å². The highest BCUT2D eigenvalue weighted by atomic mass is 14.6. The zero-order valence-electron chi connectivity index (χ0n) is 10.1. The van der Waals surface area contributed by atoms with Gasteiger partial charge in [0.1, 0.15) is 0 Å². The van der Waals surface area contributed by atoms with Gasteiger partial charge in [0.15, 0.2) is 0 Å². The maximum Gasteiger partial charge on any atom is 0.0270 e. The van der Waals surface area contributed by atoms with Gasteiger partial charge in [-0.3, -0.25) is 4.98 Å². The number of rotatable bonds is 4. The van der Waals surface area contributed by atoms with E-state index in [0.29, 0.717) is 12.5 Å². The van der Waals surface area contributed by atoms with E-state index in [9.17, 15) is 0 Å². The van der Waals surface area contributed by atoms with Gasteiger partial charge in [0.2, 0.25) is 0 Å². The van der Waals surface area contributed by atoms with Gasteiger partial charge in [0.05, 0.1) is 0 Å². The van der Waals surface area contributed by atoms with Crippen LogP contribution < -0.4 is 5.73 Å². The average Bonchev–Trinajstić information content (AvgIpc) is 2.39. The topological polar surface area (TPSA) is 38.9 Å². The molecule has 1 aromatic heterocycles. The molecule has 2 N–H and O–H groups in total. The van der Waals surface area contributed by atoms with Crippen molar-refractivity contribution in [3.63, 3.8) is 0 Å². The Labute approximate surface area is 103 Å². The second-order valence-electron chi connectivity index (χ2n) is 4.40. The van der Waals surface area contributed by atoms with Crippen molar-refractivity contribution in [2.45, 2.75) is 19.3 Å². The normalized spacial score (nSPS) is 12.4. The molecule has 1 heterocycles. The summed E-state index contributed by atoms with van der Waals surface area (Å²) in [6.45, 7) is 2.77. The van der Waals surface area contributed by atoms with Crippen LogP contribution in [0, 0.1) is 6.92 Å². The predicted octanol–water partition coefficient (Wildman–Crippen LogP) is 2.68. The summed E-state index contributed by atoms with van der Waals surface area (Å²) in [7, 11) is 0. The van der Waals surface area contributed by atoms with Crippen LogP contribution in [-0.4, -0.2) is 11.5 Å². The first-order valence-corrected chi connectivity index (χ1v) is 5.95. The molecule has 2 nitrogen and oxygen atoms in total. The van der Waals surface area contributed by atoms with Crippen LogP contribution in [0.2, 0.25) is 0 Å². The van der Waals surface area contributed by atoms with Crippen molar-refractivity contribution < 1.29 is 0 Å². The molecular weight excluding hydrogens is 208 g/mol. The Morgan fingerprint density at radius 2 is 1.71 bits per heavy atom. The van der Waals surface area contributed by atoms with E-state index in [1.165, 1.54) is 16.7 Å². The Balaban J connectivity index is 2.13. The van der Waals surface area contributed by atoms with E-state index in [4.69, 9.17) is 5.73 Å². The van der Waals surface area contributed by atoms with E-state index in [2.05, 4.69) is 36.2 Å². The average molecular weight is 226 g/mol. The van der Waals surface area contributed by atoms with Crippen LogP contribution in [0.25, 0.3) is 0 Å². The molecule has 1 aromatic carbocycles. The summed E-state index contributed by atoms with van der Waals surface area (Å²) in [6, 6.07) is 12.8. The highest BCUT2D eigenvalue weighted by molar-refractivity contribution is 5.25. The van der Waals surface area contributed by atoms with Crippen LogP contribution in [0.4, 0.5) is 0 Å². The van der Waals surface area contributed by atoms with Gasteiger partial charge >= 0.3 is 0 Å². The lowest BCUT2D eigenvalue weighted by Gasteiger charge is -2.15. The van der Waals surface area contributed by atoms with E-state index >= 15 is 0 Å². The zero-order chi connectivity index (χ0) is 12.1. The van der Waals surface area contributed by atoms with Gasteiger partial charge in [-0.1, -0.05) is 29.8 Å². The van der Waals surface area contributed by atoms with Gasteiger partial charge in [-0.25, -0.2) is 0 Å². The van der Waals surface area contributed by atoms with E-state index in [0.717, 1.165) is 6.42 Å². The van der Waals surface area contributed by atoms with Crippen LogP contribution in [-0.2, 0) is 6.42 Å². The van der Waals surface area contributed by atoms with Crippen LogP contribution >= 0.6 is 0 Å². The van der Waals surface area contributed by atoms with Crippen molar-refractivity contribution >= 4 is 0 Å². The third-order valence-electron chi connectivity index (χ3n) is 3.06. The van der Waals surface area contributed by atoms with Gasteiger partial charge in [-0.05, 0) is 43.1 Å². The minimum atomic E-state index is 0.376. The van der Waals surface area contributed by atoms with E-state index in [1.807, 2.05) is 24.5 Å². The number of hydrogen-bond acceptors (Lipinski definition) is 2. The molecule has 2 heteroatoms. The monoisotopic (exact) mass is 226 g/mol. The summed E-state index contributed by atoms with van der Waals surface area (Å²) in [5.41, 5.74) is 9.76. The summed E-state index contributed by atoms with van der Waals surface area (Å²) in [5.74, 6) is 0.376. The molecule has 88 valence electrons. The highest BCUT2D eigenvalue weighted by Crippen LogP contribution is 2.19. The SMILES string of the molecule is Cc1ccc(CC(CN)c2ccncc2)cc1. The van der Waals surface area contributed by atoms with Gasteiger partial charge in [0.25, 0.3) is 0 Å². The smallest absolute Gasteiger partial charge is 0.0270 e. The Kier molecular flexibility index (Phi) is 3.89. The first kappa shape index (κ1) is 11.8. The van der Waals surface area contributed by atoms with Crippen molar-refractivity contribution in [2.75, 3.05) is 6.54 Å². The van der Waals surface area contributed by atoms with Crippen molar-refractivity contribution in [3.8, 4) is 0 Å². The van der Waals surface area contributed by atoms with Crippen LogP contribution in [0.15, 0.2) is 48.8 Å². The Morgan fingerprint density at radius 1 is 1.06 bits per heavy atom. The maximum absolute atomic E-state index is 5.86. The molecule has 1 atom stereocenters. The predicted molar refractivity (Wildman–Crippen MR) is 70.9 cm³/mol. The molecule has 1 unspecified atom stereocenters. The molecule has 0 spiro atoms. The minimum Gasteiger partial charge on any atom is -0.330 e. The number of hydrogen-bond donors (Lipinski definition) is 1. The van der Waals surface area contributed by atoms with Crippen molar-refractivity contribution in [1.29, 1.82) is 0 Å². The van der Waals surface area contributed by atoms with Crippen LogP contribution in [0.1, 0.15) is 22.6 Å². The molecule has 0 aliphatic heterocycles. The Hall–Kier alpha value is -1.67. The third-order valence-corrected chi connectivity index (χ3v) is 3.06. The van der Waals surface area contributed by atoms with E-state index < -0.39 is 0 Å². The molecule has 17 heavy (non-hydrogen) atoms. The van der Waals surface area contributed by atoms with Crippen molar-refractivity contribution in [1.82, 2.24) is 4.98 Å². The fraction of sp³-hybridized carbons (Fsp3) is 0.267. The molecule has 0 saturated carbocycles. The minimum absolute atomic E-state index is 0.376. The van der Waals surface area contributed by atoms with Crippen molar-refractivity contribution in [2.24, 2.45) is 5.73 Å². The summed E-state index contributed by atoms with van der Waals surface area (Å²) in [4.78, 5) is 4.04. The maximum atomic E-state index is 5.86. The Bertz CT molecular complexity index is 448. The quantitative estimate of drug-likeness (QED) is 0.870. The van der Waals surface area contributed by atoms with Gasteiger partial charge in [-0.15, -0.1) is 0 Å². The number of nitrogens with zero attached hydrogens (tertiary/aromatic N) is 1. The molecule has 0 saturated heterocycles. The second-order valence-corrected chi connectivity index (χ2v) is 4.40. The number of aromatic nitrogens is 1. The third kappa shape index (κ3) is 3.14. The first-order valence-electron chi connectivity index (χ1n) is 5.95. The van der Waals surface area contributed by atoms with Gasteiger partial charge in [-0.2, -0.15) is 0 Å². The number of nitrogens with two attached hydrogens (primary N) is 1. The Morgan fingerprint density at radius 3 is 2.29 bits per heavy atom. The van der Waals surface area contributed by atoms with Crippen molar-refractivity contribution in [3.05, 3.63) is 65.5 Å². The molecule has 0 amide bonds. The fourth-order valence-electron chi connectivity index (χ4n) is 1.98. The standard InChI is InChI=1S/C15H18N2/c1-12-2-4-13(5-3-12)10-15(11-16)14-6-8-17-9-7-14/h2-9,15H,10-11,16H2,1H3. The number of aryl methyl sites for hydroxylation is 1. The molecule has 2 aromatic rings. The zero-order valence-corrected chi connectivity index (χ0v) is 10.1. The second kappa shape index (κ2) is 5.60. The molecule has 0 aliphatic carbocycles. The lowest BCUT2D eigenvalue weighted by atomic mass is 9.92. The fourth-order valence-corrected chi connectivity index (χ4v) is 1.98. The summed E-state index contributed by atoms with van der Waals surface area (Å²) >= 11 is 0. The number of benzene rings is 1. The molecular formula is C15H18N2. The first-order chi connectivity index (χ1) is 8.29. The van der Waals surface area contributed by atoms with Gasteiger partial charge < -0.3 is 5.73 Å². The molecule has 0 radical (unpaired) electrons. The lowest BCUT2D eigenvalue weighted by molar-refractivity contribution is 0.693. The summed E-state index contributed by atoms with van der Waals surface area (Å²) in [5, 5.41) is 0. The summed E-state index contributed by atoms with van der Waals surface area (Å²) in [6.07, 6.45) is 4.64. The molecule has 0 fully saturated rings. The number of pyridine rings is 1. The van der Waals surface area contributed by atoms with Gasteiger partial charge in [0, 0.05) is 18.3 Å². The van der Waals surface area contributed by atoms with E-state index in [-0.39, 0.29) is 0 Å². The highest BCUT2D eigenvalue weighted by Gasteiger charge is 2.10.